The molecule has 3 aromatic rings. The van der Waals surface area contributed by atoms with Gasteiger partial charge in [-0.3, -0.25) is 4.79 Å². The number of alkyl halides is 3. The van der Waals surface area contributed by atoms with Crippen LogP contribution in [0.25, 0.3) is 11.3 Å². The number of ether oxygens (including phenoxy) is 3. The van der Waals surface area contributed by atoms with Gasteiger partial charge in [0, 0.05) is 17.2 Å². The van der Waals surface area contributed by atoms with Crippen LogP contribution >= 0.6 is 0 Å². The highest BCUT2D eigenvalue weighted by Gasteiger charge is 2.57. The van der Waals surface area contributed by atoms with Gasteiger partial charge in [0.25, 0.3) is 5.91 Å². The van der Waals surface area contributed by atoms with Crippen LogP contribution in [0.2, 0.25) is 0 Å². The second kappa shape index (κ2) is 10.9. The Morgan fingerprint density at radius 3 is 2.55 bits per heavy atom. The quantitative estimate of drug-likeness (QED) is 0.287. The highest BCUT2D eigenvalue weighted by molar-refractivity contribution is 5.92. The molecule has 5 N–H and O–H groups in total. The topological polar surface area (TPSA) is 149 Å². The average Bonchev–Trinajstić information content (AvgIpc) is 3.23. The van der Waals surface area contributed by atoms with Gasteiger partial charge in [-0.15, -0.1) is 0 Å². The SMILES string of the molecule is COc1cc(C(=O)NCC(O)(c2cc3c(c(-c4ccc(F)cc4)n2)OC[C@@]3(C)N)C(F)(F)F)ncc1OCCO. The molecule has 1 amide bonds. The molecule has 3 heterocycles. The molecular weight excluding hydrogens is 540 g/mol. The van der Waals surface area contributed by atoms with Gasteiger partial charge in [-0.25, -0.2) is 14.4 Å². The smallest absolute Gasteiger partial charge is 0.424 e. The average molecular weight is 567 g/mol. The molecule has 0 spiro atoms. The summed E-state index contributed by atoms with van der Waals surface area (Å²) < 4.78 is 72.8. The maximum Gasteiger partial charge on any atom is 0.424 e. The molecule has 0 fully saturated rings. The summed E-state index contributed by atoms with van der Waals surface area (Å²) >= 11 is 0. The standard InChI is InChI=1S/C26H26F4N4O6/c1-24(31)13-40-22-16(24)9-20(34-21(22)14-3-5-15(27)6-4-14)25(37,26(28,29)30)12-33-23(36)17-10-18(38-2)19(11-32-17)39-8-7-35/h3-6,9-11,35,37H,7-8,12-13,31H2,1-2H3,(H,33,36)/t24-,25?/m1/s1. The molecule has 1 aliphatic heterocycles. The fourth-order valence-corrected chi connectivity index (χ4v) is 4.03. The molecule has 2 aromatic heterocycles. The molecule has 2 atom stereocenters. The van der Waals surface area contributed by atoms with Crippen molar-refractivity contribution in [1.82, 2.24) is 15.3 Å². The van der Waals surface area contributed by atoms with E-state index in [0.717, 1.165) is 30.5 Å². The van der Waals surface area contributed by atoms with Crippen LogP contribution in [0, 0.1) is 5.82 Å². The normalized spacial score (nSPS) is 17.9. The number of pyridine rings is 2. The van der Waals surface area contributed by atoms with E-state index in [2.05, 4.69) is 15.3 Å². The number of nitrogens with two attached hydrogens (primary N) is 1. The summed E-state index contributed by atoms with van der Waals surface area (Å²) in [5.74, 6) is -1.38. The Labute approximate surface area is 225 Å². The fraction of sp³-hybridized carbons (Fsp3) is 0.346. The Kier molecular flexibility index (Phi) is 7.87. The van der Waals surface area contributed by atoms with Crippen LogP contribution in [0.5, 0.6) is 17.2 Å². The van der Waals surface area contributed by atoms with Gasteiger partial charge in [0.15, 0.2) is 17.2 Å². The number of aromatic nitrogens is 2. The first-order valence-corrected chi connectivity index (χ1v) is 11.9. The van der Waals surface area contributed by atoms with Gasteiger partial charge in [-0.1, -0.05) is 0 Å². The summed E-state index contributed by atoms with van der Waals surface area (Å²) in [6.45, 7) is -0.245. The number of aliphatic hydroxyl groups excluding tert-OH is 1. The Morgan fingerprint density at radius 1 is 1.23 bits per heavy atom. The molecule has 1 aliphatic rings. The van der Waals surface area contributed by atoms with E-state index in [1.54, 1.807) is 6.92 Å². The summed E-state index contributed by atoms with van der Waals surface area (Å²) in [4.78, 5) is 20.7. The van der Waals surface area contributed by atoms with Crippen molar-refractivity contribution >= 4 is 5.91 Å². The second-order valence-electron chi connectivity index (χ2n) is 9.28. The Bertz CT molecular complexity index is 1400. The second-order valence-corrected chi connectivity index (χ2v) is 9.28. The number of aliphatic hydroxyl groups is 2. The molecule has 0 radical (unpaired) electrons. The van der Waals surface area contributed by atoms with Crippen LogP contribution in [0.4, 0.5) is 17.6 Å². The Hall–Kier alpha value is -4.01. The number of nitrogens with one attached hydrogen (secondary N) is 1. The lowest BCUT2D eigenvalue weighted by molar-refractivity contribution is -0.265. The van der Waals surface area contributed by atoms with Gasteiger partial charge in [0.05, 0.1) is 37.7 Å². The predicted molar refractivity (Wildman–Crippen MR) is 132 cm³/mol. The number of benzene rings is 1. The van der Waals surface area contributed by atoms with E-state index < -0.39 is 41.3 Å². The Morgan fingerprint density at radius 2 is 1.93 bits per heavy atom. The summed E-state index contributed by atoms with van der Waals surface area (Å²) in [6.07, 6.45) is -4.20. The highest BCUT2D eigenvalue weighted by Crippen LogP contribution is 2.46. The third-order valence-electron chi connectivity index (χ3n) is 6.25. The van der Waals surface area contributed by atoms with Crippen LogP contribution in [-0.4, -0.2) is 65.7 Å². The third kappa shape index (κ3) is 5.50. The molecule has 14 heteroatoms. The van der Waals surface area contributed by atoms with Crippen molar-refractivity contribution in [3.63, 3.8) is 0 Å². The molecular formula is C26H26F4N4O6. The molecule has 214 valence electrons. The predicted octanol–water partition coefficient (Wildman–Crippen LogP) is 2.41. The van der Waals surface area contributed by atoms with Crippen LogP contribution in [-0.2, 0) is 11.1 Å². The maximum absolute atomic E-state index is 14.4. The van der Waals surface area contributed by atoms with Crippen LogP contribution in [0.15, 0.2) is 42.6 Å². The summed E-state index contributed by atoms with van der Waals surface area (Å²) in [7, 11) is 1.28. The van der Waals surface area contributed by atoms with Crippen molar-refractivity contribution < 1.29 is 46.8 Å². The summed E-state index contributed by atoms with van der Waals surface area (Å²) in [5, 5.41) is 22.0. The first-order valence-electron chi connectivity index (χ1n) is 11.9. The molecule has 0 saturated heterocycles. The lowest BCUT2D eigenvalue weighted by atomic mass is 9.89. The fourth-order valence-electron chi connectivity index (χ4n) is 4.03. The minimum atomic E-state index is -5.31. The summed E-state index contributed by atoms with van der Waals surface area (Å²) in [6, 6.07) is 6.93. The van der Waals surface area contributed by atoms with E-state index in [4.69, 9.17) is 25.1 Å². The van der Waals surface area contributed by atoms with Crippen molar-refractivity contribution in [2.75, 3.05) is 33.5 Å². The molecule has 10 nitrogen and oxygen atoms in total. The monoisotopic (exact) mass is 566 g/mol. The number of rotatable bonds is 9. The molecule has 40 heavy (non-hydrogen) atoms. The lowest BCUT2D eigenvalue weighted by Crippen LogP contribution is -2.51. The van der Waals surface area contributed by atoms with E-state index in [1.165, 1.54) is 19.2 Å². The van der Waals surface area contributed by atoms with Gasteiger partial charge in [0.2, 0.25) is 5.60 Å². The lowest BCUT2D eigenvalue weighted by Gasteiger charge is -2.31. The van der Waals surface area contributed by atoms with Crippen molar-refractivity contribution in [2.45, 2.75) is 24.2 Å². The van der Waals surface area contributed by atoms with Crippen LogP contribution < -0.4 is 25.3 Å². The number of hydrogen-bond donors (Lipinski definition) is 4. The highest BCUT2D eigenvalue weighted by atomic mass is 19.4. The van der Waals surface area contributed by atoms with E-state index in [-0.39, 0.29) is 59.6 Å². The van der Waals surface area contributed by atoms with E-state index in [0.29, 0.717) is 0 Å². The van der Waals surface area contributed by atoms with Crippen LogP contribution in [0.1, 0.15) is 28.7 Å². The van der Waals surface area contributed by atoms with Crippen molar-refractivity contribution in [3.05, 3.63) is 65.4 Å². The molecule has 4 rings (SSSR count). The number of methoxy groups -OCH3 is 1. The zero-order valence-corrected chi connectivity index (χ0v) is 21.4. The van der Waals surface area contributed by atoms with Crippen molar-refractivity contribution in [1.29, 1.82) is 0 Å². The van der Waals surface area contributed by atoms with Gasteiger partial charge in [0.1, 0.15) is 30.4 Å². The van der Waals surface area contributed by atoms with Gasteiger partial charge < -0.3 is 35.5 Å². The molecule has 0 saturated carbocycles. The largest absolute Gasteiger partial charge is 0.493 e. The number of amides is 1. The Balaban J connectivity index is 1.71. The zero-order chi connectivity index (χ0) is 29.3. The molecule has 1 unspecified atom stereocenters. The number of carbonyl (C=O) groups excluding carboxylic acids is 1. The van der Waals surface area contributed by atoms with Crippen LogP contribution in [0.3, 0.4) is 0 Å². The number of hydrogen-bond acceptors (Lipinski definition) is 9. The molecule has 0 aliphatic carbocycles. The number of fused-ring (bicyclic) bond motifs is 1. The molecule has 0 bridgehead atoms. The zero-order valence-electron chi connectivity index (χ0n) is 21.4. The minimum absolute atomic E-state index is 0.0474. The van der Waals surface area contributed by atoms with Gasteiger partial charge in [-0.05, 0) is 37.3 Å². The van der Waals surface area contributed by atoms with Gasteiger partial charge in [-0.2, -0.15) is 13.2 Å². The first-order chi connectivity index (χ1) is 18.8. The van der Waals surface area contributed by atoms with Crippen molar-refractivity contribution in [2.24, 2.45) is 5.73 Å². The number of nitrogens with zero attached hydrogens (tertiary/aromatic N) is 2. The molecule has 1 aromatic carbocycles. The van der Waals surface area contributed by atoms with E-state index in [1.807, 2.05) is 0 Å². The number of halogens is 4. The van der Waals surface area contributed by atoms with Gasteiger partial charge >= 0.3 is 6.18 Å². The maximum atomic E-state index is 14.4. The first kappa shape index (κ1) is 29.0. The summed E-state index contributed by atoms with van der Waals surface area (Å²) in [5.41, 5.74) is 0.489. The number of carbonyl (C=O) groups is 1. The van der Waals surface area contributed by atoms with E-state index in [9.17, 15) is 27.5 Å². The van der Waals surface area contributed by atoms with Crippen molar-refractivity contribution in [3.8, 4) is 28.5 Å². The minimum Gasteiger partial charge on any atom is -0.493 e. The van der Waals surface area contributed by atoms with E-state index >= 15 is 0 Å². The third-order valence-corrected chi connectivity index (χ3v) is 6.25.